The second kappa shape index (κ2) is 6.80. The van der Waals surface area contributed by atoms with Gasteiger partial charge in [0.05, 0.1) is 17.9 Å². The zero-order chi connectivity index (χ0) is 17.1. The van der Waals surface area contributed by atoms with Gasteiger partial charge in [0.15, 0.2) is 11.1 Å². The molecule has 0 saturated heterocycles. The topological polar surface area (TPSA) is 74.7 Å². The number of aromatic nitrogens is 1. The molecule has 1 aromatic heterocycles. The normalized spacial score (nSPS) is 16.9. The third-order valence-corrected chi connectivity index (χ3v) is 3.95. The van der Waals surface area contributed by atoms with E-state index in [1.165, 1.54) is 11.2 Å². The number of pyridine rings is 1. The van der Waals surface area contributed by atoms with Crippen LogP contribution in [0.4, 0.5) is 5.69 Å². The van der Waals surface area contributed by atoms with Gasteiger partial charge in [0.1, 0.15) is 0 Å². The number of hydrogen-bond donors (Lipinski definition) is 1. The molecule has 3 rings (SSSR count). The highest BCUT2D eigenvalue weighted by atomic mass is 35.5. The van der Waals surface area contributed by atoms with Crippen molar-refractivity contribution in [3.63, 3.8) is 0 Å². The first kappa shape index (κ1) is 16.1. The summed E-state index contributed by atoms with van der Waals surface area (Å²) in [5, 5.41) is 8.35. The van der Waals surface area contributed by atoms with Gasteiger partial charge in [-0.05, 0) is 24.6 Å². The molecule has 0 bridgehead atoms. The average Bonchev–Trinajstić information content (AvgIpc) is 2.84. The van der Waals surface area contributed by atoms with Gasteiger partial charge >= 0.3 is 0 Å². The molecule has 0 spiro atoms. The number of benzene rings is 1. The third kappa shape index (κ3) is 3.28. The summed E-state index contributed by atoms with van der Waals surface area (Å²) in [4.78, 5) is 28.9. The molecule has 1 atom stereocenters. The number of hydrazone groups is 1. The maximum absolute atomic E-state index is 12.5. The van der Waals surface area contributed by atoms with Gasteiger partial charge in [-0.2, -0.15) is 5.10 Å². The van der Waals surface area contributed by atoms with Crippen LogP contribution in [0.1, 0.15) is 12.5 Å². The quantitative estimate of drug-likeness (QED) is 0.685. The molecular weight excluding hydrogens is 328 g/mol. The molecule has 24 heavy (non-hydrogen) atoms. The van der Waals surface area contributed by atoms with Crippen molar-refractivity contribution in [1.29, 1.82) is 0 Å². The van der Waals surface area contributed by atoms with Crippen LogP contribution in [0.2, 0.25) is 5.15 Å². The minimum atomic E-state index is -0.954. The number of rotatable bonds is 4. The summed E-state index contributed by atoms with van der Waals surface area (Å²) < 4.78 is 0. The largest absolute Gasteiger partial charge is 0.322 e. The first-order valence-electron chi connectivity index (χ1n) is 7.38. The smallest absolute Gasteiger partial charge is 0.261 e. The predicted octanol–water partition coefficient (Wildman–Crippen LogP) is 2.71. The van der Waals surface area contributed by atoms with E-state index in [2.05, 4.69) is 15.4 Å². The zero-order valence-electron chi connectivity index (χ0n) is 12.9. The minimum absolute atomic E-state index is 0.173. The molecule has 2 heterocycles. The molecule has 1 aliphatic rings. The van der Waals surface area contributed by atoms with Gasteiger partial charge in [-0.1, -0.05) is 41.9 Å². The molecule has 0 aliphatic carbocycles. The molecular formula is C17H15ClN4O2. The number of nitrogens with zero attached hydrogens (tertiary/aromatic N) is 3. The summed E-state index contributed by atoms with van der Waals surface area (Å²) in [5.41, 5.74) is 1.76. The first-order chi connectivity index (χ1) is 11.6. The highest BCUT2D eigenvalue weighted by Crippen LogP contribution is 2.23. The molecule has 122 valence electrons. The van der Waals surface area contributed by atoms with Crippen molar-refractivity contribution >= 4 is 34.8 Å². The lowest BCUT2D eigenvalue weighted by atomic mass is 10.0. The van der Waals surface area contributed by atoms with E-state index in [1.807, 2.05) is 30.3 Å². The van der Waals surface area contributed by atoms with Gasteiger partial charge in [-0.15, -0.1) is 0 Å². The van der Waals surface area contributed by atoms with E-state index in [9.17, 15) is 9.59 Å². The highest BCUT2D eigenvalue weighted by Gasteiger charge is 2.39. The van der Waals surface area contributed by atoms with Crippen molar-refractivity contribution in [3.8, 4) is 0 Å². The third-order valence-electron chi connectivity index (χ3n) is 3.65. The Labute approximate surface area is 144 Å². The van der Waals surface area contributed by atoms with Crippen molar-refractivity contribution in [2.24, 2.45) is 11.0 Å². The Balaban J connectivity index is 1.73. The number of amides is 2. The molecule has 6 nitrogen and oxygen atoms in total. The van der Waals surface area contributed by atoms with Gasteiger partial charge in [0, 0.05) is 6.20 Å². The van der Waals surface area contributed by atoms with Gasteiger partial charge in [0.2, 0.25) is 5.91 Å². The van der Waals surface area contributed by atoms with E-state index in [1.54, 1.807) is 19.1 Å². The number of anilines is 1. The molecule has 1 unspecified atom stereocenters. The summed E-state index contributed by atoms with van der Waals surface area (Å²) in [7, 11) is 0. The summed E-state index contributed by atoms with van der Waals surface area (Å²) in [5.74, 6) is -1.77. The Morgan fingerprint density at radius 2 is 2.00 bits per heavy atom. The fraction of sp³-hybridized carbons (Fsp3) is 0.176. The van der Waals surface area contributed by atoms with Crippen LogP contribution in [-0.4, -0.2) is 27.5 Å². The summed E-state index contributed by atoms with van der Waals surface area (Å²) in [6.45, 7) is 1.99. The van der Waals surface area contributed by atoms with E-state index in [0.29, 0.717) is 17.9 Å². The second-order valence-electron chi connectivity index (χ2n) is 5.39. The van der Waals surface area contributed by atoms with Gasteiger partial charge in [-0.25, -0.2) is 9.99 Å². The number of halogens is 1. The Morgan fingerprint density at radius 3 is 2.71 bits per heavy atom. The maximum Gasteiger partial charge on any atom is 0.261 e. The van der Waals surface area contributed by atoms with Crippen LogP contribution >= 0.6 is 11.6 Å². The van der Waals surface area contributed by atoms with Crippen LogP contribution < -0.4 is 5.32 Å². The Morgan fingerprint density at radius 1 is 1.25 bits per heavy atom. The van der Waals surface area contributed by atoms with E-state index in [4.69, 9.17) is 11.6 Å². The van der Waals surface area contributed by atoms with Crippen LogP contribution in [0, 0.1) is 5.92 Å². The predicted molar refractivity (Wildman–Crippen MR) is 91.5 cm³/mol. The Hall–Kier alpha value is -2.73. The van der Waals surface area contributed by atoms with E-state index < -0.39 is 11.8 Å². The van der Waals surface area contributed by atoms with Gasteiger partial charge in [0.25, 0.3) is 5.91 Å². The van der Waals surface area contributed by atoms with Crippen molar-refractivity contribution in [2.75, 3.05) is 5.32 Å². The summed E-state index contributed by atoms with van der Waals surface area (Å²) in [6, 6.07) is 12.8. The van der Waals surface area contributed by atoms with Crippen molar-refractivity contribution in [3.05, 3.63) is 59.4 Å². The van der Waals surface area contributed by atoms with Gasteiger partial charge < -0.3 is 5.32 Å². The van der Waals surface area contributed by atoms with Crippen molar-refractivity contribution in [1.82, 2.24) is 9.99 Å². The number of carbonyl (C=O) groups excluding carboxylic acids is 2. The standard InChI is InChI=1S/C17H15ClN4O2/c1-11-14(16(23)20-13-8-5-9-19-15(13)18)17(24)22(21-11)10-12-6-3-2-4-7-12/h2-9,14H,10H2,1H3,(H,20,23). The molecule has 0 fully saturated rings. The fourth-order valence-corrected chi connectivity index (χ4v) is 2.65. The molecule has 2 aromatic rings. The molecule has 2 amide bonds. The maximum atomic E-state index is 12.5. The Kier molecular flexibility index (Phi) is 4.57. The number of hydrogen-bond acceptors (Lipinski definition) is 4. The molecule has 1 aromatic carbocycles. The zero-order valence-corrected chi connectivity index (χ0v) is 13.7. The molecule has 0 radical (unpaired) electrons. The van der Waals surface area contributed by atoms with Crippen LogP contribution in [0.25, 0.3) is 0 Å². The van der Waals surface area contributed by atoms with E-state index in [-0.39, 0.29) is 11.1 Å². The van der Waals surface area contributed by atoms with Crippen LogP contribution in [0.15, 0.2) is 53.8 Å². The first-order valence-corrected chi connectivity index (χ1v) is 7.76. The lowest BCUT2D eigenvalue weighted by molar-refractivity contribution is -0.136. The van der Waals surface area contributed by atoms with Crippen molar-refractivity contribution in [2.45, 2.75) is 13.5 Å². The molecule has 0 saturated carbocycles. The van der Waals surface area contributed by atoms with E-state index in [0.717, 1.165) is 5.56 Å². The molecule has 1 N–H and O–H groups in total. The van der Waals surface area contributed by atoms with Crippen LogP contribution in [0.3, 0.4) is 0 Å². The highest BCUT2D eigenvalue weighted by molar-refractivity contribution is 6.33. The summed E-state index contributed by atoms with van der Waals surface area (Å²) in [6.07, 6.45) is 1.52. The van der Waals surface area contributed by atoms with Crippen molar-refractivity contribution < 1.29 is 9.59 Å². The number of carbonyl (C=O) groups is 2. The van der Waals surface area contributed by atoms with Gasteiger partial charge in [-0.3, -0.25) is 9.59 Å². The van der Waals surface area contributed by atoms with Crippen LogP contribution in [-0.2, 0) is 16.1 Å². The minimum Gasteiger partial charge on any atom is -0.322 e. The SMILES string of the molecule is CC1=NN(Cc2ccccc2)C(=O)C1C(=O)Nc1cccnc1Cl. The fourth-order valence-electron chi connectivity index (χ4n) is 2.48. The Bertz CT molecular complexity index is 807. The van der Waals surface area contributed by atoms with Crippen LogP contribution in [0.5, 0.6) is 0 Å². The van der Waals surface area contributed by atoms with E-state index >= 15 is 0 Å². The lowest BCUT2D eigenvalue weighted by Crippen LogP contribution is -2.36. The lowest BCUT2D eigenvalue weighted by Gasteiger charge is -2.14. The summed E-state index contributed by atoms with van der Waals surface area (Å²) >= 11 is 5.93. The monoisotopic (exact) mass is 342 g/mol. The molecule has 1 aliphatic heterocycles. The molecule has 7 heteroatoms. The second-order valence-corrected chi connectivity index (χ2v) is 5.74. The number of nitrogens with one attached hydrogen (secondary N) is 1. The average molecular weight is 343 g/mol.